The first-order valence-corrected chi connectivity index (χ1v) is 14.9. The summed E-state index contributed by atoms with van der Waals surface area (Å²) in [6.07, 6.45) is 5.68. The van der Waals surface area contributed by atoms with Crippen LogP contribution in [0.3, 0.4) is 0 Å². The van der Waals surface area contributed by atoms with Crippen LogP contribution in [0.5, 0.6) is 0 Å². The molecule has 0 aromatic heterocycles. The van der Waals surface area contributed by atoms with Crippen LogP contribution in [0.15, 0.2) is 11.6 Å². The highest BCUT2D eigenvalue weighted by atomic mass is 19.4. The van der Waals surface area contributed by atoms with Gasteiger partial charge in [-0.05, 0) is 91.3 Å². The first-order valence-electron chi connectivity index (χ1n) is 14.9. The van der Waals surface area contributed by atoms with Crippen LogP contribution in [0.4, 0.5) is 22.0 Å². The molecule has 7 heteroatoms. The first-order chi connectivity index (χ1) is 17.6. The molecule has 3 saturated carbocycles. The van der Waals surface area contributed by atoms with E-state index >= 15 is 0 Å². The molecule has 4 aliphatic rings. The molecule has 0 bridgehead atoms. The van der Waals surface area contributed by atoms with E-state index in [4.69, 9.17) is 4.74 Å². The fourth-order valence-electron chi connectivity index (χ4n) is 9.26. The summed E-state index contributed by atoms with van der Waals surface area (Å²) in [7, 11) is 0. The molecule has 0 N–H and O–H groups in total. The number of halogens is 5. The molecule has 0 aromatic rings. The molecule has 0 amide bonds. The summed E-state index contributed by atoms with van der Waals surface area (Å²) in [5.74, 6) is -2.33. The fraction of sp³-hybridized carbons (Fsp3) is 0.903. The predicted molar refractivity (Wildman–Crippen MR) is 139 cm³/mol. The molecule has 0 spiro atoms. The van der Waals surface area contributed by atoms with Crippen molar-refractivity contribution in [1.82, 2.24) is 0 Å². The van der Waals surface area contributed by atoms with Crippen molar-refractivity contribution in [1.29, 1.82) is 0 Å². The van der Waals surface area contributed by atoms with Crippen LogP contribution in [0.2, 0.25) is 0 Å². The van der Waals surface area contributed by atoms with E-state index in [0.717, 1.165) is 30.6 Å². The summed E-state index contributed by atoms with van der Waals surface area (Å²) in [4.78, 5) is 12.0. The Labute approximate surface area is 225 Å². The molecule has 38 heavy (non-hydrogen) atoms. The fourth-order valence-corrected chi connectivity index (χ4v) is 9.26. The van der Waals surface area contributed by atoms with Crippen molar-refractivity contribution in [3.05, 3.63) is 11.6 Å². The maximum atomic E-state index is 13.3. The summed E-state index contributed by atoms with van der Waals surface area (Å²) >= 11 is 0. The van der Waals surface area contributed by atoms with E-state index in [-0.39, 0.29) is 5.41 Å². The number of esters is 1. The molecule has 4 rings (SSSR count). The SMILES string of the molecule is CC(C)CCCC(C)C1CCC2C3CC=C4CC(OC(=O)CC(F)(F)C(F)(F)F)CCC4(C)C3CCC12C. The van der Waals surface area contributed by atoms with Crippen LogP contribution in [-0.2, 0) is 9.53 Å². The third kappa shape index (κ3) is 5.55. The smallest absolute Gasteiger partial charge is 0.453 e. The van der Waals surface area contributed by atoms with Crippen molar-refractivity contribution in [3.63, 3.8) is 0 Å². The minimum Gasteiger partial charge on any atom is -0.462 e. The first kappa shape index (κ1) is 29.8. The number of rotatable bonds is 8. The zero-order chi connectivity index (χ0) is 28.1. The van der Waals surface area contributed by atoms with Crippen molar-refractivity contribution < 1.29 is 31.5 Å². The van der Waals surface area contributed by atoms with Gasteiger partial charge in [-0.1, -0.05) is 65.5 Å². The van der Waals surface area contributed by atoms with Crippen molar-refractivity contribution in [2.24, 2.45) is 46.3 Å². The Bertz CT molecular complexity index is 895. The van der Waals surface area contributed by atoms with E-state index < -0.39 is 30.6 Å². The van der Waals surface area contributed by atoms with Gasteiger partial charge in [-0.3, -0.25) is 4.79 Å². The Morgan fingerprint density at radius 2 is 1.71 bits per heavy atom. The highest BCUT2D eigenvalue weighted by Crippen LogP contribution is 2.67. The summed E-state index contributed by atoms with van der Waals surface area (Å²) in [5, 5.41) is 0. The predicted octanol–water partition coefficient (Wildman–Crippen LogP) is 9.53. The van der Waals surface area contributed by atoms with E-state index in [1.807, 2.05) is 0 Å². The monoisotopic (exact) mass is 546 g/mol. The third-order valence-corrected chi connectivity index (χ3v) is 11.3. The lowest BCUT2D eigenvalue weighted by molar-refractivity contribution is -0.284. The molecule has 2 nitrogen and oxygen atoms in total. The molecule has 0 aliphatic heterocycles. The van der Waals surface area contributed by atoms with Gasteiger partial charge in [0.1, 0.15) is 12.5 Å². The van der Waals surface area contributed by atoms with E-state index in [2.05, 4.69) is 40.7 Å². The van der Waals surface area contributed by atoms with Crippen molar-refractivity contribution >= 4 is 5.97 Å². The average molecular weight is 547 g/mol. The average Bonchev–Trinajstić information content (AvgIpc) is 3.15. The largest absolute Gasteiger partial charge is 0.462 e. The maximum absolute atomic E-state index is 13.3. The Hall–Kier alpha value is -1.14. The van der Waals surface area contributed by atoms with Crippen LogP contribution in [0.25, 0.3) is 0 Å². The molecule has 0 aromatic carbocycles. The number of carbonyl (C=O) groups is 1. The van der Waals surface area contributed by atoms with Gasteiger partial charge in [0.2, 0.25) is 0 Å². The summed E-state index contributed by atoms with van der Waals surface area (Å²) < 4.78 is 69.3. The highest BCUT2D eigenvalue weighted by Gasteiger charge is 2.60. The van der Waals surface area contributed by atoms with Gasteiger partial charge in [0.15, 0.2) is 0 Å². The number of allylic oxidation sites excluding steroid dienone is 1. The summed E-state index contributed by atoms with van der Waals surface area (Å²) in [5.41, 5.74) is 1.59. The van der Waals surface area contributed by atoms with Crippen LogP contribution >= 0.6 is 0 Å². The molecule has 0 heterocycles. The number of ether oxygens (including phenoxy) is 1. The van der Waals surface area contributed by atoms with Crippen LogP contribution in [0, 0.1) is 46.3 Å². The van der Waals surface area contributed by atoms with Gasteiger partial charge in [0.25, 0.3) is 0 Å². The molecule has 8 atom stereocenters. The zero-order valence-electron chi connectivity index (χ0n) is 23.8. The Kier molecular flexibility index (Phi) is 8.39. The van der Waals surface area contributed by atoms with Gasteiger partial charge >= 0.3 is 18.1 Å². The van der Waals surface area contributed by atoms with E-state index in [9.17, 15) is 26.7 Å². The third-order valence-electron chi connectivity index (χ3n) is 11.3. The van der Waals surface area contributed by atoms with Gasteiger partial charge in [-0.2, -0.15) is 22.0 Å². The molecule has 0 saturated heterocycles. The molecule has 8 unspecified atom stereocenters. The van der Waals surface area contributed by atoms with Crippen LogP contribution < -0.4 is 0 Å². The second-order valence-electron chi connectivity index (χ2n) is 14.0. The summed E-state index contributed by atoms with van der Waals surface area (Å²) in [6, 6.07) is 0. The van der Waals surface area contributed by atoms with Gasteiger partial charge in [0.05, 0.1) is 0 Å². The molecule has 4 aliphatic carbocycles. The molecule has 3 fully saturated rings. The van der Waals surface area contributed by atoms with E-state index in [1.165, 1.54) is 50.5 Å². The Balaban J connectivity index is 1.40. The van der Waals surface area contributed by atoms with Gasteiger partial charge < -0.3 is 4.74 Å². The van der Waals surface area contributed by atoms with Gasteiger partial charge in [0, 0.05) is 6.42 Å². The zero-order valence-corrected chi connectivity index (χ0v) is 23.8. The lowest BCUT2D eigenvalue weighted by Crippen LogP contribution is -2.51. The lowest BCUT2D eigenvalue weighted by Gasteiger charge is -2.58. The molecule has 218 valence electrons. The summed E-state index contributed by atoms with van der Waals surface area (Å²) in [6.45, 7) is 11.9. The number of fused-ring (bicyclic) bond motifs is 5. The van der Waals surface area contributed by atoms with Crippen LogP contribution in [0.1, 0.15) is 112 Å². The number of carbonyl (C=O) groups excluding carboxylic acids is 1. The molecule has 0 radical (unpaired) electrons. The number of hydrogen-bond donors (Lipinski definition) is 0. The maximum Gasteiger partial charge on any atom is 0.453 e. The minimum atomic E-state index is -5.75. The molecular formula is C31H47F5O2. The van der Waals surface area contributed by atoms with E-state index in [1.54, 1.807) is 0 Å². The van der Waals surface area contributed by atoms with Crippen molar-refractivity contribution in [3.8, 4) is 0 Å². The van der Waals surface area contributed by atoms with Crippen molar-refractivity contribution in [2.75, 3.05) is 0 Å². The highest BCUT2D eigenvalue weighted by molar-refractivity contribution is 5.70. The minimum absolute atomic E-state index is 0.00989. The number of hydrogen-bond acceptors (Lipinski definition) is 2. The van der Waals surface area contributed by atoms with Crippen LogP contribution in [-0.4, -0.2) is 24.2 Å². The van der Waals surface area contributed by atoms with E-state index in [0.29, 0.717) is 36.0 Å². The Morgan fingerprint density at radius 1 is 1.00 bits per heavy atom. The normalized spacial score (nSPS) is 38.2. The second-order valence-corrected chi connectivity index (χ2v) is 14.0. The number of alkyl halides is 5. The Morgan fingerprint density at radius 3 is 2.37 bits per heavy atom. The van der Waals surface area contributed by atoms with Crippen molar-refractivity contribution in [2.45, 2.75) is 130 Å². The standard InChI is InChI=1S/C31H47F5O2/c1-19(2)7-6-8-20(3)24-11-12-25-23-10-9-21-17-22(38-27(37)18-30(32,33)31(34,35)36)13-15-28(21,4)26(23)14-16-29(24,25)5/h9,19-20,22-26H,6-8,10-18H2,1-5H3. The molecular weight excluding hydrogens is 499 g/mol. The quantitative estimate of drug-likeness (QED) is 0.172. The van der Waals surface area contributed by atoms with Gasteiger partial charge in [-0.15, -0.1) is 0 Å². The second kappa shape index (κ2) is 10.7. The topological polar surface area (TPSA) is 26.3 Å². The lowest BCUT2D eigenvalue weighted by atomic mass is 9.47. The van der Waals surface area contributed by atoms with Gasteiger partial charge in [-0.25, -0.2) is 0 Å².